The lowest BCUT2D eigenvalue weighted by Gasteiger charge is -2.06. The maximum atomic E-state index is 10.5. The summed E-state index contributed by atoms with van der Waals surface area (Å²) in [7, 11) is 0. The predicted molar refractivity (Wildman–Crippen MR) is 77.9 cm³/mol. The van der Waals surface area contributed by atoms with Crippen LogP contribution in [0.15, 0.2) is 48.5 Å². The van der Waals surface area contributed by atoms with Crippen molar-refractivity contribution >= 4 is 23.9 Å². The summed E-state index contributed by atoms with van der Waals surface area (Å²) >= 11 is 0. The van der Waals surface area contributed by atoms with Gasteiger partial charge in [-0.15, -0.1) is 12.4 Å². The normalized spacial score (nSPS) is 9.40. The topological polar surface area (TPSA) is 102 Å². The van der Waals surface area contributed by atoms with Gasteiger partial charge in [-0.2, -0.15) is 0 Å². The second-order valence-corrected chi connectivity index (χ2v) is 3.79. The second kappa shape index (κ2) is 6.53. The Bertz CT molecular complexity index is 629. The van der Waals surface area contributed by atoms with E-state index in [9.17, 15) is 10.1 Å². The van der Waals surface area contributed by atoms with Crippen molar-refractivity contribution in [3.8, 4) is 11.5 Å². The number of nitrogens with zero attached hydrogens (tertiary/aromatic N) is 1. The maximum absolute atomic E-state index is 10.5. The summed E-state index contributed by atoms with van der Waals surface area (Å²) in [5, 5.41) is 17.9. The molecule has 0 aromatic heterocycles. The minimum Gasteiger partial charge on any atom is -0.457 e. The number of nitrogens with two attached hydrogens (primary N) is 1. The molecule has 2 aromatic rings. The number of nitrogens with one attached hydrogen (secondary N) is 1. The van der Waals surface area contributed by atoms with Crippen molar-refractivity contribution in [2.45, 2.75) is 0 Å². The first kappa shape index (κ1) is 15.5. The van der Waals surface area contributed by atoms with Crippen molar-refractivity contribution in [2.75, 3.05) is 0 Å². The summed E-state index contributed by atoms with van der Waals surface area (Å²) < 4.78 is 5.53. The van der Waals surface area contributed by atoms with Gasteiger partial charge in [0.2, 0.25) is 0 Å². The predicted octanol–water partition coefficient (Wildman–Crippen LogP) is 3.09. The molecule has 2 aromatic carbocycles. The van der Waals surface area contributed by atoms with Gasteiger partial charge in [0.05, 0.1) is 4.92 Å². The molecule has 0 aliphatic carbocycles. The van der Waals surface area contributed by atoms with E-state index in [2.05, 4.69) is 0 Å². The summed E-state index contributed by atoms with van der Waals surface area (Å²) in [4.78, 5) is 10.0. The number of benzene rings is 2. The van der Waals surface area contributed by atoms with Crippen LogP contribution in [0.4, 0.5) is 5.69 Å². The van der Waals surface area contributed by atoms with Crippen LogP contribution in [0.1, 0.15) is 5.56 Å². The SMILES string of the molecule is Cl.N=C(N)c1cccc(Oc2ccc([N+](=O)[O-])cc2)c1. The standard InChI is InChI=1S/C13H11N3O3.ClH/c14-13(15)9-2-1-3-12(8-9)19-11-6-4-10(5-7-11)16(17)18;/h1-8H,(H3,14,15);1H. The van der Waals surface area contributed by atoms with Gasteiger partial charge in [0.25, 0.3) is 5.69 Å². The van der Waals surface area contributed by atoms with Gasteiger partial charge < -0.3 is 10.5 Å². The van der Waals surface area contributed by atoms with Crippen LogP contribution in [0.3, 0.4) is 0 Å². The molecule has 104 valence electrons. The molecule has 0 aliphatic rings. The molecule has 0 unspecified atom stereocenters. The molecular weight excluding hydrogens is 282 g/mol. The molecule has 0 atom stereocenters. The first-order valence-electron chi connectivity index (χ1n) is 5.43. The summed E-state index contributed by atoms with van der Waals surface area (Å²) in [5.74, 6) is 0.946. The van der Waals surface area contributed by atoms with Gasteiger partial charge >= 0.3 is 0 Å². The van der Waals surface area contributed by atoms with Crippen LogP contribution in [-0.4, -0.2) is 10.8 Å². The number of nitro groups is 1. The Morgan fingerprint density at radius 2 is 1.80 bits per heavy atom. The molecule has 0 fully saturated rings. The van der Waals surface area contributed by atoms with Gasteiger partial charge in [-0.3, -0.25) is 15.5 Å². The fourth-order valence-electron chi connectivity index (χ4n) is 1.50. The highest BCUT2D eigenvalue weighted by Gasteiger charge is 2.05. The third-order valence-corrected chi connectivity index (χ3v) is 2.43. The number of halogens is 1. The van der Waals surface area contributed by atoms with Crippen molar-refractivity contribution in [3.63, 3.8) is 0 Å². The van der Waals surface area contributed by atoms with E-state index in [1.807, 2.05) is 0 Å². The molecule has 0 bridgehead atoms. The number of non-ortho nitro benzene ring substituents is 1. The van der Waals surface area contributed by atoms with E-state index in [-0.39, 0.29) is 23.9 Å². The summed E-state index contributed by atoms with van der Waals surface area (Å²) in [6.07, 6.45) is 0. The maximum Gasteiger partial charge on any atom is 0.269 e. The van der Waals surface area contributed by atoms with Crippen LogP contribution in [0, 0.1) is 15.5 Å². The molecule has 0 radical (unpaired) electrons. The quantitative estimate of drug-likeness (QED) is 0.391. The van der Waals surface area contributed by atoms with Crippen molar-refractivity contribution in [1.82, 2.24) is 0 Å². The van der Waals surface area contributed by atoms with Crippen LogP contribution in [0.5, 0.6) is 11.5 Å². The minimum absolute atomic E-state index is 0. The average Bonchev–Trinajstić information content (AvgIpc) is 2.39. The lowest BCUT2D eigenvalue weighted by atomic mass is 10.2. The van der Waals surface area contributed by atoms with E-state index < -0.39 is 4.92 Å². The molecule has 6 nitrogen and oxygen atoms in total. The number of rotatable bonds is 4. The lowest BCUT2D eigenvalue weighted by molar-refractivity contribution is -0.384. The Morgan fingerprint density at radius 3 is 2.35 bits per heavy atom. The smallest absolute Gasteiger partial charge is 0.269 e. The van der Waals surface area contributed by atoms with E-state index in [1.54, 1.807) is 24.3 Å². The molecule has 0 spiro atoms. The zero-order chi connectivity index (χ0) is 13.8. The van der Waals surface area contributed by atoms with Crippen LogP contribution in [0.2, 0.25) is 0 Å². The number of ether oxygens (including phenoxy) is 1. The lowest BCUT2D eigenvalue weighted by Crippen LogP contribution is -2.10. The number of hydrogen-bond acceptors (Lipinski definition) is 4. The van der Waals surface area contributed by atoms with Crippen LogP contribution in [0.25, 0.3) is 0 Å². The molecule has 0 saturated heterocycles. The summed E-state index contributed by atoms with van der Waals surface area (Å²) in [5.41, 5.74) is 5.94. The molecule has 20 heavy (non-hydrogen) atoms. The number of hydrogen-bond donors (Lipinski definition) is 2. The molecule has 0 heterocycles. The van der Waals surface area contributed by atoms with E-state index in [1.165, 1.54) is 24.3 Å². The van der Waals surface area contributed by atoms with Gasteiger partial charge in [0.1, 0.15) is 17.3 Å². The van der Waals surface area contributed by atoms with E-state index in [0.717, 1.165) is 0 Å². The summed E-state index contributed by atoms with van der Waals surface area (Å²) in [6, 6.07) is 12.5. The van der Waals surface area contributed by atoms with Gasteiger partial charge in [0.15, 0.2) is 0 Å². The minimum atomic E-state index is -0.472. The molecule has 2 rings (SSSR count). The molecular formula is C13H12ClN3O3. The second-order valence-electron chi connectivity index (χ2n) is 3.79. The Hall–Kier alpha value is -2.60. The highest BCUT2D eigenvalue weighted by atomic mass is 35.5. The van der Waals surface area contributed by atoms with Gasteiger partial charge in [-0.05, 0) is 24.3 Å². The fourth-order valence-corrected chi connectivity index (χ4v) is 1.50. The Kier molecular flexibility index (Phi) is 5.05. The molecule has 0 saturated carbocycles. The molecule has 3 N–H and O–H groups in total. The Labute approximate surface area is 121 Å². The largest absolute Gasteiger partial charge is 0.457 e. The van der Waals surface area contributed by atoms with Gasteiger partial charge in [-0.1, -0.05) is 12.1 Å². The van der Waals surface area contributed by atoms with Crippen molar-refractivity contribution in [2.24, 2.45) is 5.73 Å². The van der Waals surface area contributed by atoms with Gasteiger partial charge in [-0.25, -0.2) is 0 Å². The van der Waals surface area contributed by atoms with Crippen molar-refractivity contribution in [1.29, 1.82) is 5.41 Å². The summed E-state index contributed by atoms with van der Waals surface area (Å²) in [6.45, 7) is 0. The van der Waals surface area contributed by atoms with E-state index in [0.29, 0.717) is 17.1 Å². The highest BCUT2D eigenvalue weighted by Crippen LogP contribution is 2.24. The zero-order valence-corrected chi connectivity index (χ0v) is 11.1. The van der Waals surface area contributed by atoms with Crippen molar-refractivity contribution in [3.05, 3.63) is 64.2 Å². The van der Waals surface area contributed by atoms with E-state index in [4.69, 9.17) is 15.9 Å². The third kappa shape index (κ3) is 3.69. The van der Waals surface area contributed by atoms with Crippen LogP contribution >= 0.6 is 12.4 Å². The Balaban J connectivity index is 0.00000200. The first-order chi connectivity index (χ1) is 9.06. The van der Waals surface area contributed by atoms with Gasteiger partial charge in [0, 0.05) is 17.7 Å². The third-order valence-electron chi connectivity index (χ3n) is 2.43. The van der Waals surface area contributed by atoms with Crippen LogP contribution in [-0.2, 0) is 0 Å². The van der Waals surface area contributed by atoms with Crippen molar-refractivity contribution < 1.29 is 9.66 Å². The van der Waals surface area contributed by atoms with Crippen LogP contribution < -0.4 is 10.5 Å². The zero-order valence-electron chi connectivity index (χ0n) is 10.3. The average molecular weight is 294 g/mol. The number of amidine groups is 1. The highest BCUT2D eigenvalue weighted by molar-refractivity contribution is 5.95. The Morgan fingerprint density at radius 1 is 1.15 bits per heavy atom. The number of nitrogen functional groups attached to an aromatic ring is 1. The monoisotopic (exact) mass is 293 g/mol. The fraction of sp³-hybridized carbons (Fsp3) is 0. The number of nitro benzene ring substituents is 1. The molecule has 0 aliphatic heterocycles. The molecule has 0 amide bonds. The first-order valence-corrected chi connectivity index (χ1v) is 5.43. The molecule has 7 heteroatoms. The van der Waals surface area contributed by atoms with E-state index >= 15 is 0 Å².